The van der Waals surface area contributed by atoms with Crippen LogP contribution in [0.3, 0.4) is 0 Å². The average molecular weight is 333 g/mol. The molecule has 0 aliphatic heterocycles. The minimum absolute atomic E-state index is 0.402. The van der Waals surface area contributed by atoms with Crippen LogP contribution in [0.1, 0.15) is 51.8 Å². The third kappa shape index (κ3) is 6.46. The molecule has 0 radical (unpaired) electrons. The van der Waals surface area contributed by atoms with E-state index in [1.54, 1.807) is 6.07 Å². The van der Waals surface area contributed by atoms with Gasteiger partial charge in [0.25, 0.3) is 10.0 Å². The molecule has 0 saturated heterocycles. The molecular formula is C15H28N2O2S2. The molecule has 1 aromatic rings. The fraction of sp³-hybridized carbons (Fsp3) is 0.733. The number of nitrogens with one attached hydrogen (secondary N) is 2. The quantitative estimate of drug-likeness (QED) is 0.647. The van der Waals surface area contributed by atoms with E-state index in [1.165, 1.54) is 11.3 Å². The summed E-state index contributed by atoms with van der Waals surface area (Å²) in [5, 5.41) is 3.33. The summed E-state index contributed by atoms with van der Waals surface area (Å²) in [6.07, 6.45) is 3.76. The Hall–Kier alpha value is -0.430. The van der Waals surface area contributed by atoms with Crippen molar-refractivity contribution in [2.75, 3.05) is 13.1 Å². The smallest absolute Gasteiger partial charge is 0.250 e. The third-order valence-corrected chi connectivity index (χ3v) is 6.50. The molecule has 122 valence electrons. The van der Waals surface area contributed by atoms with Crippen molar-refractivity contribution >= 4 is 21.4 Å². The Morgan fingerprint density at radius 1 is 1.14 bits per heavy atom. The molecule has 21 heavy (non-hydrogen) atoms. The molecule has 0 unspecified atom stereocenters. The normalized spacial score (nSPS) is 12.8. The summed E-state index contributed by atoms with van der Waals surface area (Å²) in [6.45, 7) is 9.94. The van der Waals surface area contributed by atoms with E-state index in [-0.39, 0.29) is 0 Å². The van der Waals surface area contributed by atoms with Gasteiger partial charge in [-0.3, -0.25) is 0 Å². The molecule has 0 amide bonds. The van der Waals surface area contributed by atoms with Crippen molar-refractivity contribution in [3.63, 3.8) is 0 Å². The average Bonchev–Trinajstić information content (AvgIpc) is 2.82. The van der Waals surface area contributed by atoms with E-state index in [1.807, 2.05) is 19.9 Å². The van der Waals surface area contributed by atoms with Crippen LogP contribution in [-0.2, 0) is 16.4 Å². The first-order chi connectivity index (χ1) is 9.80. The Balaban J connectivity index is 2.66. The summed E-state index contributed by atoms with van der Waals surface area (Å²) in [4.78, 5) is 1.10. The number of rotatable bonds is 10. The number of thiophene rings is 1. The molecule has 1 heterocycles. The highest BCUT2D eigenvalue weighted by molar-refractivity contribution is 7.91. The topological polar surface area (TPSA) is 58.2 Å². The Morgan fingerprint density at radius 2 is 1.86 bits per heavy atom. The highest BCUT2D eigenvalue weighted by Gasteiger charge is 2.26. The number of sulfonamides is 1. The van der Waals surface area contributed by atoms with Gasteiger partial charge in [0.15, 0.2) is 0 Å². The van der Waals surface area contributed by atoms with Crippen molar-refractivity contribution in [1.29, 1.82) is 0 Å². The van der Waals surface area contributed by atoms with Gasteiger partial charge >= 0.3 is 0 Å². The van der Waals surface area contributed by atoms with Crippen LogP contribution in [0.2, 0.25) is 0 Å². The first-order valence-electron chi connectivity index (χ1n) is 7.64. The summed E-state index contributed by atoms with van der Waals surface area (Å²) in [5.74, 6) is 0. The van der Waals surface area contributed by atoms with Gasteiger partial charge in [0.05, 0.1) is 0 Å². The molecule has 6 heteroatoms. The maximum absolute atomic E-state index is 12.4. The van der Waals surface area contributed by atoms with E-state index in [4.69, 9.17) is 0 Å². The third-order valence-electron chi connectivity index (χ3n) is 3.16. The van der Waals surface area contributed by atoms with Crippen LogP contribution in [0.5, 0.6) is 0 Å². The molecule has 1 rings (SSSR count). The van der Waals surface area contributed by atoms with Gasteiger partial charge in [-0.1, -0.05) is 20.3 Å². The van der Waals surface area contributed by atoms with E-state index in [0.717, 1.165) is 43.6 Å². The van der Waals surface area contributed by atoms with Gasteiger partial charge in [0.2, 0.25) is 0 Å². The Kier molecular flexibility index (Phi) is 7.33. The van der Waals surface area contributed by atoms with E-state index in [2.05, 4.69) is 23.9 Å². The lowest BCUT2D eigenvalue weighted by Gasteiger charge is -2.24. The molecule has 0 saturated carbocycles. The van der Waals surface area contributed by atoms with Gasteiger partial charge in [0.1, 0.15) is 4.21 Å². The monoisotopic (exact) mass is 332 g/mol. The highest BCUT2D eigenvalue weighted by atomic mass is 32.2. The molecule has 4 nitrogen and oxygen atoms in total. The lowest BCUT2D eigenvalue weighted by Crippen LogP contribution is -2.42. The zero-order valence-corrected chi connectivity index (χ0v) is 15.2. The van der Waals surface area contributed by atoms with Crippen LogP contribution in [-0.4, -0.2) is 27.0 Å². The molecule has 0 bridgehead atoms. The summed E-state index contributed by atoms with van der Waals surface area (Å²) < 4.78 is 28.0. The van der Waals surface area contributed by atoms with Crippen molar-refractivity contribution in [2.45, 2.75) is 63.1 Å². The summed E-state index contributed by atoms with van der Waals surface area (Å²) in [6, 6.07) is 3.63. The van der Waals surface area contributed by atoms with Gasteiger partial charge in [-0.2, -0.15) is 0 Å². The predicted molar refractivity (Wildman–Crippen MR) is 90.5 cm³/mol. The standard InChI is InChI=1S/C15H28N2O2S2/c1-5-10-15(3,4)17-21(18,19)14-8-7-13(20-14)9-12-16-11-6-2/h7-8,16-17H,5-6,9-12H2,1-4H3. The van der Waals surface area contributed by atoms with E-state index in [0.29, 0.717) is 4.21 Å². The van der Waals surface area contributed by atoms with Gasteiger partial charge in [-0.05, 0) is 58.3 Å². The molecule has 0 aromatic carbocycles. The van der Waals surface area contributed by atoms with Crippen molar-refractivity contribution in [2.24, 2.45) is 0 Å². The lowest BCUT2D eigenvalue weighted by atomic mass is 10.0. The molecule has 1 aromatic heterocycles. The number of hydrogen-bond acceptors (Lipinski definition) is 4. The van der Waals surface area contributed by atoms with Crippen LogP contribution < -0.4 is 10.0 Å². The number of hydrogen-bond donors (Lipinski definition) is 2. The van der Waals surface area contributed by atoms with E-state index < -0.39 is 15.6 Å². The summed E-state index contributed by atoms with van der Waals surface area (Å²) >= 11 is 1.37. The van der Waals surface area contributed by atoms with Gasteiger partial charge in [-0.25, -0.2) is 13.1 Å². The van der Waals surface area contributed by atoms with Crippen molar-refractivity contribution in [3.8, 4) is 0 Å². The molecule has 0 aliphatic rings. The zero-order chi connectivity index (χ0) is 15.9. The van der Waals surface area contributed by atoms with Crippen LogP contribution in [0, 0.1) is 0 Å². The van der Waals surface area contributed by atoms with Crippen LogP contribution >= 0.6 is 11.3 Å². The second kappa shape index (κ2) is 8.27. The zero-order valence-electron chi connectivity index (χ0n) is 13.5. The fourth-order valence-corrected chi connectivity index (χ4v) is 5.04. The van der Waals surface area contributed by atoms with Gasteiger partial charge in [-0.15, -0.1) is 11.3 Å². The van der Waals surface area contributed by atoms with E-state index in [9.17, 15) is 8.42 Å². The molecule has 0 aliphatic carbocycles. The highest BCUT2D eigenvalue weighted by Crippen LogP contribution is 2.24. The maximum Gasteiger partial charge on any atom is 0.250 e. The molecule has 0 atom stereocenters. The van der Waals surface area contributed by atoms with Crippen LogP contribution in [0.15, 0.2) is 16.3 Å². The second-order valence-corrected chi connectivity index (χ2v) is 9.04. The van der Waals surface area contributed by atoms with Crippen LogP contribution in [0.25, 0.3) is 0 Å². The minimum atomic E-state index is -3.41. The van der Waals surface area contributed by atoms with E-state index >= 15 is 0 Å². The molecular weight excluding hydrogens is 304 g/mol. The predicted octanol–water partition coefficient (Wildman–Crippen LogP) is 3.15. The maximum atomic E-state index is 12.4. The lowest BCUT2D eigenvalue weighted by molar-refractivity contribution is 0.418. The van der Waals surface area contributed by atoms with Gasteiger partial charge in [0, 0.05) is 10.4 Å². The Labute approximate surface area is 133 Å². The SMILES string of the molecule is CCCNCCc1ccc(S(=O)(=O)NC(C)(C)CCC)s1. The largest absolute Gasteiger partial charge is 0.316 e. The molecule has 0 fully saturated rings. The fourth-order valence-electron chi connectivity index (χ4n) is 2.24. The Morgan fingerprint density at radius 3 is 2.48 bits per heavy atom. The van der Waals surface area contributed by atoms with Crippen molar-refractivity contribution < 1.29 is 8.42 Å². The first kappa shape index (κ1) is 18.6. The van der Waals surface area contributed by atoms with Crippen molar-refractivity contribution in [3.05, 3.63) is 17.0 Å². The molecule has 2 N–H and O–H groups in total. The van der Waals surface area contributed by atoms with Gasteiger partial charge < -0.3 is 5.32 Å². The minimum Gasteiger partial charge on any atom is -0.316 e. The Bertz CT molecular complexity index is 522. The van der Waals surface area contributed by atoms with Crippen molar-refractivity contribution in [1.82, 2.24) is 10.0 Å². The molecule has 0 spiro atoms. The van der Waals surface area contributed by atoms with Crippen LogP contribution in [0.4, 0.5) is 0 Å². The second-order valence-electron chi connectivity index (χ2n) is 5.96. The summed E-state index contributed by atoms with van der Waals surface area (Å²) in [7, 11) is -3.41. The first-order valence-corrected chi connectivity index (χ1v) is 9.94. The summed E-state index contributed by atoms with van der Waals surface area (Å²) in [5.41, 5.74) is -0.402.